The number of nitrogens with zero attached hydrogens (tertiary/aromatic N) is 2. The van der Waals surface area contributed by atoms with Crippen LogP contribution in [-0.4, -0.2) is 26.5 Å². The van der Waals surface area contributed by atoms with Gasteiger partial charge in [0.05, 0.1) is 24.2 Å². The monoisotopic (exact) mass is 424 g/mol. The summed E-state index contributed by atoms with van der Waals surface area (Å²) in [5.41, 5.74) is 0.921. The number of methoxy groups -OCH3 is 1. The van der Waals surface area contributed by atoms with Gasteiger partial charge in [-0.15, -0.1) is 0 Å². The van der Waals surface area contributed by atoms with Crippen LogP contribution < -0.4 is 15.9 Å². The summed E-state index contributed by atoms with van der Waals surface area (Å²) in [5, 5.41) is 21.7. The average molecular weight is 424 g/mol. The largest absolute Gasteiger partial charge is 0.507 e. The van der Waals surface area contributed by atoms with Crippen molar-refractivity contribution in [2.24, 2.45) is 0 Å². The van der Waals surface area contributed by atoms with E-state index in [2.05, 4.69) is 0 Å². The van der Waals surface area contributed by atoms with Gasteiger partial charge in [-0.25, -0.2) is 0 Å². The first kappa shape index (κ1) is 22.2. The van der Waals surface area contributed by atoms with E-state index in [-0.39, 0.29) is 22.6 Å². The van der Waals surface area contributed by atoms with Gasteiger partial charge in [0.1, 0.15) is 17.2 Å². The fraction of sp³-hybridized carbons (Fsp3) is 0.333. The number of para-hydroxylation sites is 1. The van der Waals surface area contributed by atoms with Gasteiger partial charge in [-0.05, 0) is 45.9 Å². The SMILES string of the molecule is CCn1c(C)cc(O)c(C(c2ccccc2OC)c2c(O)cc(C)n(CC)c2=O)c1=O. The summed E-state index contributed by atoms with van der Waals surface area (Å²) in [6.07, 6.45) is 0. The van der Waals surface area contributed by atoms with Gasteiger partial charge >= 0.3 is 0 Å². The summed E-state index contributed by atoms with van der Waals surface area (Å²) in [6, 6.07) is 10.00. The summed E-state index contributed by atoms with van der Waals surface area (Å²) >= 11 is 0. The average Bonchev–Trinajstić information content (AvgIpc) is 2.72. The minimum atomic E-state index is -1.02. The zero-order chi connectivity index (χ0) is 22.9. The summed E-state index contributed by atoms with van der Waals surface area (Å²) in [6.45, 7) is 7.94. The minimum Gasteiger partial charge on any atom is -0.507 e. The third-order valence-electron chi connectivity index (χ3n) is 5.71. The summed E-state index contributed by atoms with van der Waals surface area (Å²) in [4.78, 5) is 26.9. The second-order valence-electron chi connectivity index (χ2n) is 7.44. The highest BCUT2D eigenvalue weighted by atomic mass is 16.5. The standard InChI is InChI=1S/C24H28N2O5/c1-6-25-14(3)12-17(27)21(23(25)29)20(16-10-8-9-11-19(16)31-5)22-18(28)13-15(4)26(7-2)24(22)30/h8-13,20,27-28H,6-7H2,1-5H3. The third-order valence-corrected chi connectivity index (χ3v) is 5.71. The van der Waals surface area contributed by atoms with Crippen LogP contribution in [0.5, 0.6) is 17.2 Å². The topological polar surface area (TPSA) is 93.7 Å². The van der Waals surface area contributed by atoms with Crippen molar-refractivity contribution in [2.45, 2.75) is 46.7 Å². The predicted octanol–water partition coefficient (Wildman–Crippen LogP) is 3.27. The first-order valence-electron chi connectivity index (χ1n) is 10.3. The van der Waals surface area contributed by atoms with Crippen LogP contribution in [0, 0.1) is 13.8 Å². The normalized spacial score (nSPS) is 11.2. The molecule has 0 bridgehead atoms. The van der Waals surface area contributed by atoms with Crippen LogP contribution in [0.4, 0.5) is 0 Å². The fourth-order valence-corrected chi connectivity index (χ4v) is 4.23. The number of hydrogen-bond donors (Lipinski definition) is 2. The molecule has 0 unspecified atom stereocenters. The quantitative estimate of drug-likeness (QED) is 0.634. The molecule has 0 fully saturated rings. The molecule has 0 atom stereocenters. The molecular weight excluding hydrogens is 396 g/mol. The Morgan fingerprint density at radius 2 is 1.32 bits per heavy atom. The molecule has 7 heteroatoms. The first-order chi connectivity index (χ1) is 14.8. The van der Waals surface area contributed by atoms with Gasteiger partial charge in [-0.2, -0.15) is 0 Å². The van der Waals surface area contributed by atoms with E-state index in [0.29, 0.717) is 35.8 Å². The second kappa shape index (κ2) is 8.71. The smallest absolute Gasteiger partial charge is 0.258 e. The van der Waals surface area contributed by atoms with Crippen LogP contribution in [-0.2, 0) is 13.1 Å². The van der Waals surface area contributed by atoms with Gasteiger partial charge < -0.3 is 24.1 Å². The van der Waals surface area contributed by atoms with Crippen molar-refractivity contribution >= 4 is 0 Å². The molecule has 0 aliphatic rings. The molecule has 1 aromatic carbocycles. The van der Waals surface area contributed by atoms with E-state index in [1.165, 1.54) is 28.4 Å². The van der Waals surface area contributed by atoms with Crippen LogP contribution >= 0.6 is 0 Å². The van der Waals surface area contributed by atoms with Crippen molar-refractivity contribution in [3.05, 3.63) is 85.2 Å². The molecule has 2 aromatic heterocycles. The first-order valence-corrected chi connectivity index (χ1v) is 10.3. The Balaban J connectivity index is 2.52. The van der Waals surface area contributed by atoms with Crippen molar-refractivity contribution in [3.8, 4) is 17.2 Å². The van der Waals surface area contributed by atoms with Gasteiger partial charge in [0.25, 0.3) is 11.1 Å². The maximum atomic E-state index is 13.4. The van der Waals surface area contributed by atoms with Crippen LogP contribution in [0.2, 0.25) is 0 Å². The lowest BCUT2D eigenvalue weighted by Crippen LogP contribution is -2.32. The van der Waals surface area contributed by atoms with Crippen LogP contribution in [0.25, 0.3) is 0 Å². The molecule has 3 aromatic rings. The van der Waals surface area contributed by atoms with Crippen LogP contribution in [0.15, 0.2) is 46.0 Å². The predicted molar refractivity (Wildman–Crippen MR) is 119 cm³/mol. The van der Waals surface area contributed by atoms with Crippen LogP contribution in [0.1, 0.15) is 47.8 Å². The molecule has 31 heavy (non-hydrogen) atoms. The number of benzene rings is 1. The molecule has 0 amide bonds. The van der Waals surface area contributed by atoms with Crippen molar-refractivity contribution in [1.29, 1.82) is 0 Å². The number of aryl methyl sites for hydroxylation is 2. The molecule has 2 N–H and O–H groups in total. The van der Waals surface area contributed by atoms with E-state index in [1.54, 1.807) is 38.1 Å². The van der Waals surface area contributed by atoms with Gasteiger partial charge in [0, 0.05) is 30.0 Å². The second-order valence-corrected chi connectivity index (χ2v) is 7.44. The van der Waals surface area contributed by atoms with Crippen molar-refractivity contribution < 1.29 is 14.9 Å². The highest BCUT2D eigenvalue weighted by molar-refractivity contribution is 5.55. The van der Waals surface area contributed by atoms with E-state index < -0.39 is 17.0 Å². The highest BCUT2D eigenvalue weighted by Crippen LogP contribution is 2.41. The highest BCUT2D eigenvalue weighted by Gasteiger charge is 2.32. The van der Waals surface area contributed by atoms with Crippen LogP contribution in [0.3, 0.4) is 0 Å². The molecule has 0 aliphatic carbocycles. The molecule has 0 spiro atoms. The van der Waals surface area contributed by atoms with Crippen molar-refractivity contribution in [2.75, 3.05) is 7.11 Å². The van der Waals surface area contributed by atoms with Crippen molar-refractivity contribution in [1.82, 2.24) is 9.13 Å². The van der Waals surface area contributed by atoms with Gasteiger partial charge in [0.15, 0.2) is 0 Å². The number of aromatic nitrogens is 2. The van der Waals surface area contributed by atoms with Gasteiger partial charge in [-0.3, -0.25) is 9.59 Å². The lowest BCUT2D eigenvalue weighted by molar-refractivity contribution is 0.406. The third kappa shape index (κ3) is 3.71. The maximum Gasteiger partial charge on any atom is 0.258 e. The maximum absolute atomic E-state index is 13.4. The van der Waals surface area contributed by atoms with E-state index in [4.69, 9.17) is 4.74 Å². The Hall–Kier alpha value is -3.48. The molecule has 2 heterocycles. The zero-order valence-corrected chi connectivity index (χ0v) is 18.5. The lowest BCUT2D eigenvalue weighted by atomic mass is 9.84. The molecule has 0 aliphatic heterocycles. The molecule has 0 saturated carbocycles. The van der Waals surface area contributed by atoms with E-state index in [1.807, 2.05) is 13.8 Å². The van der Waals surface area contributed by atoms with Gasteiger partial charge in [-0.1, -0.05) is 18.2 Å². The number of rotatable bonds is 6. The van der Waals surface area contributed by atoms with E-state index >= 15 is 0 Å². The Labute approximate surface area is 180 Å². The molecule has 164 valence electrons. The Morgan fingerprint density at radius 3 is 1.74 bits per heavy atom. The van der Waals surface area contributed by atoms with Crippen molar-refractivity contribution in [3.63, 3.8) is 0 Å². The molecule has 7 nitrogen and oxygen atoms in total. The summed E-state index contributed by atoms with van der Waals surface area (Å²) in [5.74, 6) is -1.04. The number of pyridine rings is 2. The molecule has 0 radical (unpaired) electrons. The van der Waals surface area contributed by atoms with E-state index in [9.17, 15) is 19.8 Å². The molecule has 3 rings (SSSR count). The van der Waals surface area contributed by atoms with E-state index in [0.717, 1.165) is 0 Å². The number of hydrogen-bond acceptors (Lipinski definition) is 5. The lowest BCUT2D eigenvalue weighted by Gasteiger charge is -2.24. The zero-order valence-electron chi connectivity index (χ0n) is 18.5. The molecular formula is C24H28N2O5. The Kier molecular flexibility index (Phi) is 6.24. The number of aromatic hydroxyl groups is 2. The summed E-state index contributed by atoms with van der Waals surface area (Å²) in [7, 11) is 1.49. The minimum absolute atomic E-state index is 0.0239. The van der Waals surface area contributed by atoms with Gasteiger partial charge in [0.2, 0.25) is 0 Å². The fourth-order valence-electron chi connectivity index (χ4n) is 4.23. The Morgan fingerprint density at radius 1 is 0.871 bits per heavy atom. The molecule has 0 saturated heterocycles. The summed E-state index contributed by atoms with van der Waals surface area (Å²) < 4.78 is 8.57. The Bertz CT molecular complexity index is 1170. The number of ether oxygens (including phenoxy) is 1.